The minimum Gasteiger partial charge on any atom is -0.506 e. The normalized spacial score (nSPS) is 10.2. The number of rotatable bonds is 2. The number of nitrogens with one attached hydrogen (secondary N) is 1. The summed E-state index contributed by atoms with van der Waals surface area (Å²) in [6.07, 6.45) is 0. The molecule has 0 aliphatic heterocycles. The van der Waals surface area contributed by atoms with Crippen LogP contribution in [0.1, 0.15) is 11.9 Å². The van der Waals surface area contributed by atoms with Crippen LogP contribution < -0.4 is 5.32 Å². The van der Waals surface area contributed by atoms with Crippen molar-refractivity contribution in [2.24, 2.45) is 0 Å². The number of nitrogens with zero attached hydrogens (tertiary/aromatic N) is 1. The van der Waals surface area contributed by atoms with Gasteiger partial charge in [-0.15, -0.1) is 11.3 Å². The molecule has 0 radical (unpaired) electrons. The second-order valence-corrected chi connectivity index (χ2v) is 4.73. The molecule has 1 aromatic heterocycles. The van der Waals surface area contributed by atoms with Crippen molar-refractivity contribution in [3.05, 3.63) is 28.6 Å². The molecule has 1 amide bonds. The fourth-order valence-corrected chi connectivity index (χ4v) is 2.10. The Hall–Kier alpha value is -1.88. The van der Waals surface area contributed by atoms with Crippen molar-refractivity contribution < 1.29 is 9.90 Å². The standard InChI is InChI=1S/C12H12N2O2S/c1-7(15)13-10-5-9(3-4-12(10)16)11-6-17-8(2)14-11/h3-6,16H,1-2H3,(H,13,15). The Kier molecular flexibility index (Phi) is 3.10. The molecule has 17 heavy (non-hydrogen) atoms. The molecule has 0 saturated carbocycles. The van der Waals surface area contributed by atoms with Gasteiger partial charge in [0.05, 0.1) is 16.4 Å². The van der Waals surface area contributed by atoms with Gasteiger partial charge in [0, 0.05) is 17.9 Å². The van der Waals surface area contributed by atoms with Gasteiger partial charge in [0.15, 0.2) is 0 Å². The van der Waals surface area contributed by atoms with Crippen LogP contribution >= 0.6 is 11.3 Å². The summed E-state index contributed by atoms with van der Waals surface area (Å²) in [6, 6.07) is 5.04. The summed E-state index contributed by atoms with van der Waals surface area (Å²) >= 11 is 1.56. The van der Waals surface area contributed by atoms with E-state index in [9.17, 15) is 9.90 Å². The first-order chi connectivity index (χ1) is 8.06. The van der Waals surface area contributed by atoms with E-state index in [1.807, 2.05) is 12.3 Å². The molecule has 2 rings (SSSR count). The van der Waals surface area contributed by atoms with E-state index < -0.39 is 0 Å². The summed E-state index contributed by atoms with van der Waals surface area (Å²) in [7, 11) is 0. The van der Waals surface area contributed by atoms with Gasteiger partial charge >= 0.3 is 0 Å². The maximum Gasteiger partial charge on any atom is 0.221 e. The van der Waals surface area contributed by atoms with Gasteiger partial charge in [0.2, 0.25) is 5.91 Å². The average Bonchev–Trinajstić information content (AvgIpc) is 2.67. The second-order valence-electron chi connectivity index (χ2n) is 3.66. The largest absolute Gasteiger partial charge is 0.506 e. The molecule has 0 bridgehead atoms. The van der Waals surface area contributed by atoms with Crippen LogP contribution in [0.25, 0.3) is 11.3 Å². The number of phenols is 1. The maximum absolute atomic E-state index is 11.0. The summed E-state index contributed by atoms with van der Waals surface area (Å²) in [4.78, 5) is 15.3. The van der Waals surface area contributed by atoms with Crippen LogP contribution in [0.15, 0.2) is 23.6 Å². The number of hydrogen-bond donors (Lipinski definition) is 2. The average molecular weight is 248 g/mol. The molecule has 5 heteroatoms. The van der Waals surface area contributed by atoms with Gasteiger partial charge in [-0.2, -0.15) is 0 Å². The van der Waals surface area contributed by atoms with Crippen LogP contribution in [0.4, 0.5) is 5.69 Å². The minimum absolute atomic E-state index is 0.0518. The molecule has 0 aliphatic rings. The predicted molar refractivity (Wildman–Crippen MR) is 68.3 cm³/mol. The summed E-state index contributed by atoms with van der Waals surface area (Å²) in [5.41, 5.74) is 2.12. The van der Waals surface area contributed by atoms with E-state index in [-0.39, 0.29) is 11.7 Å². The quantitative estimate of drug-likeness (QED) is 0.803. The van der Waals surface area contributed by atoms with Crippen molar-refractivity contribution in [2.75, 3.05) is 5.32 Å². The van der Waals surface area contributed by atoms with Gasteiger partial charge in [0.25, 0.3) is 0 Å². The van der Waals surface area contributed by atoms with Crippen molar-refractivity contribution in [2.45, 2.75) is 13.8 Å². The Morgan fingerprint density at radius 1 is 1.47 bits per heavy atom. The molecule has 0 fully saturated rings. The predicted octanol–water partition coefficient (Wildman–Crippen LogP) is 2.78. The second kappa shape index (κ2) is 4.55. The van der Waals surface area contributed by atoms with Gasteiger partial charge in [0.1, 0.15) is 5.75 Å². The first-order valence-electron chi connectivity index (χ1n) is 5.09. The Morgan fingerprint density at radius 2 is 2.24 bits per heavy atom. The molecule has 1 heterocycles. The minimum atomic E-state index is -0.216. The van der Waals surface area contributed by atoms with Gasteiger partial charge in [-0.1, -0.05) is 0 Å². The number of phenolic OH excluding ortho intramolecular Hbond substituents is 1. The number of amides is 1. The highest BCUT2D eigenvalue weighted by Crippen LogP contribution is 2.30. The van der Waals surface area contributed by atoms with E-state index in [0.717, 1.165) is 16.3 Å². The third-order valence-electron chi connectivity index (χ3n) is 2.22. The van der Waals surface area contributed by atoms with E-state index in [0.29, 0.717) is 5.69 Å². The highest BCUT2D eigenvalue weighted by atomic mass is 32.1. The summed E-state index contributed by atoms with van der Waals surface area (Å²) in [6.45, 7) is 3.34. The SMILES string of the molecule is CC(=O)Nc1cc(-c2csc(C)n2)ccc1O. The highest BCUT2D eigenvalue weighted by molar-refractivity contribution is 7.09. The number of aryl methyl sites for hydroxylation is 1. The van der Waals surface area contributed by atoms with Gasteiger partial charge < -0.3 is 10.4 Å². The third-order valence-corrected chi connectivity index (χ3v) is 3.00. The van der Waals surface area contributed by atoms with Crippen LogP contribution in [-0.2, 0) is 4.79 Å². The number of anilines is 1. The van der Waals surface area contributed by atoms with Crippen LogP contribution in [0.5, 0.6) is 5.75 Å². The van der Waals surface area contributed by atoms with Crippen molar-refractivity contribution in [3.8, 4) is 17.0 Å². The van der Waals surface area contributed by atoms with E-state index in [1.165, 1.54) is 6.92 Å². The van der Waals surface area contributed by atoms with Gasteiger partial charge in [-0.3, -0.25) is 4.79 Å². The zero-order chi connectivity index (χ0) is 12.4. The van der Waals surface area contributed by atoms with Crippen molar-refractivity contribution in [1.82, 2.24) is 4.98 Å². The summed E-state index contributed by atoms with van der Waals surface area (Å²) in [5, 5.41) is 15.1. The fourth-order valence-electron chi connectivity index (χ4n) is 1.48. The molecule has 2 aromatic rings. The number of aromatic nitrogens is 1. The van der Waals surface area contributed by atoms with Crippen molar-refractivity contribution >= 4 is 22.9 Å². The first kappa shape index (κ1) is 11.6. The maximum atomic E-state index is 11.0. The first-order valence-corrected chi connectivity index (χ1v) is 5.97. The summed E-state index contributed by atoms with van der Waals surface area (Å²) in [5.74, 6) is -0.164. The Bertz CT molecular complexity index is 563. The number of benzene rings is 1. The third kappa shape index (κ3) is 2.62. The zero-order valence-corrected chi connectivity index (χ0v) is 10.3. The van der Waals surface area contributed by atoms with Gasteiger partial charge in [-0.25, -0.2) is 4.98 Å². The van der Waals surface area contributed by atoms with Crippen LogP contribution in [0, 0.1) is 6.92 Å². The Morgan fingerprint density at radius 3 is 2.82 bits per heavy atom. The molecule has 1 aromatic carbocycles. The molecule has 0 saturated heterocycles. The molecular weight excluding hydrogens is 236 g/mol. The molecule has 0 spiro atoms. The molecule has 0 atom stereocenters. The topological polar surface area (TPSA) is 62.2 Å². The van der Waals surface area contributed by atoms with E-state index in [4.69, 9.17) is 0 Å². The van der Waals surface area contributed by atoms with Gasteiger partial charge in [-0.05, 0) is 25.1 Å². The van der Waals surface area contributed by atoms with E-state index >= 15 is 0 Å². The smallest absolute Gasteiger partial charge is 0.221 e. The number of hydrogen-bond acceptors (Lipinski definition) is 4. The van der Waals surface area contributed by atoms with Crippen molar-refractivity contribution in [3.63, 3.8) is 0 Å². The number of thiazole rings is 1. The monoisotopic (exact) mass is 248 g/mol. The van der Waals surface area contributed by atoms with Crippen LogP contribution in [-0.4, -0.2) is 16.0 Å². The Balaban J connectivity index is 2.40. The fraction of sp³-hybridized carbons (Fsp3) is 0.167. The lowest BCUT2D eigenvalue weighted by atomic mass is 10.1. The number of carbonyl (C=O) groups excluding carboxylic acids is 1. The van der Waals surface area contributed by atoms with Crippen LogP contribution in [0.3, 0.4) is 0 Å². The molecule has 2 N–H and O–H groups in total. The molecule has 88 valence electrons. The highest BCUT2D eigenvalue weighted by Gasteiger charge is 2.07. The number of aromatic hydroxyl groups is 1. The molecule has 4 nitrogen and oxygen atoms in total. The number of carbonyl (C=O) groups is 1. The van der Waals surface area contributed by atoms with E-state index in [1.54, 1.807) is 29.5 Å². The Labute approximate surface area is 103 Å². The lowest BCUT2D eigenvalue weighted by Gasteiger charge is -2.06. The molecule has 0 aliphatic carbocycles. The summed E-state index contributed by atoms with van der Waals surface area (Å²) < 4.78 is 0. The zero-order valence-electron chi connectivity index (χ0n) is 9.52. The van der Waals surface area contributed by atoms with E-state index in [2.05, 4.69) is 10.3 Å². The van der Waals surface area contributed by atoms with Crippen molar-refractivity contribution in [1.29, 1.82) is 0 Å². The lowest BCUT2D eigenvalue weighted by Crippen LogP contribution is -2.05. The molecular formula is C12H12N2O2S. The molecule has 0 unspecified atom stereocenters. The van der Waals surface area contributed by atoms with Crippen LogP contribution in [0.2, 0.25) is 0 Å². The lowest BCUT2D eigenvalue weighted by molar-refractivity contribution is -0.114.